The highest BCUT2D eigenvalue weighted by molar-refractivity contribution is 5.57. The van der Waals surface area contributed by atoms with Gasteiger partial charge in [0.15, 0.2) is 0 Å². The smallest absolute Gasteiger partial charge is 0.133 e. The summed E-state index contributed by atoms with van der Waals surface area (Å²) >= 11 is 0. The van der Waals surface area contributed by atoms with Crippen LogP contribution in [0.5, 0.6) is 0 Å². The van der Waals surface area contributed by atoms with E-state index in [1.165, 1.54) is 68.3 Å². The Balaban J connectivity index is 0.000000397. The Bertz CT molecular complexity index is 993. The Hall–Kier alpha value is -2.31. The second-order valence-electron chi connectivity index (χ2n) is 12.2. The number of likely N-dealkylation sites (tertiary alicyclic amines) is 1. The van der Waals surface area contributed by atoms with Crippen molar-refractivity contribution in [3.63, 3.8) is 0 Å². The minimum atomic E-state index is 0.334. The molecule has 3 aliphatic rings. The van der Waals surface area contributed by atoms with Gasteiger partial charge in [-0.25, -0.2) is 0 Å². The molecule has 2 fully saturated rings. The maximum absolute atomic E-state index is 11.7. The number of unbranched alkanes of at least 4 members (excludes halogenated alkanes) is 3. The fourth-order valence-electron chi connectivity index (χ4n) is 6.17. The van der Waals surface area contributed by atoms with Gasteiger partial charge in [0.2, 0.25) is 0 Å². The van der Waals surface area contributed by atoms with Crippen LogP contribution in [-0.4, -0.2) is 55.4 Å². The Morgan fingerprint density at radius 2 is 1.76 bits per heavy atom. The fraction of sp³-hybridized carbons (Fsp3) is 0.686. The van der Waals surface area contributed by atoms with E-state index in [-0.39, 0.29) is 0 Å². The number of rotatable bonds is 17. The molecule has 2 heterocycles. The highest BCUT2D eigenvalue weighted by Gasteiger charge is 2.35. The van der Waals surface area contributed by atoms with Crippen LogP contribution in [-0.2, 0) is 16.0 Å². The molecule has 1 aromatic rings. The van der Waals surface area contributed by atoms with Crippen LogP contribution in [0.15, 0.2) is 41.5 Å². The number of nitrogens with zero attached hydrogens (tertiary/aromatic N) is 3. The molecule has 1 aromatic carbocycles. The first kappa shape index (κ1) is 33.2. The molecule has 228 valence electrons. The number of nitroso groups, excluding NO2 is 1. The van der Waals surface area contributed by atoms with Crippen LogP contribution in [0.1, 0.15) is 126 Å². The van der Waals surface area contributed by atoms with E-state index in [4.69, 9.17) is 4.74 Å². The molecule has 0 spiro atoms. The zero-order valence-corrected chi connectivity index (χ0v) is 26.3. The number of carbonyl (C=O) groups is 1. The zero-order chi connectivity index (χ0) is 29.5. The predicted octanol–water partition coefficient (Wildman–Crippen LogP) is 8.78. The van der Waals surface area contributed by atoms with E-state index in [1.807, 2.05) is 12.1 Å². The molecule has 0 N–H and O–H groups in total. The minimum Gasteiger partial charge on any atom is -0.470 e. The second kappa shape index (κ2) is 18.3. The Morgan fingerprint density at radius 1 is 1.02 bits per heavy atom. The zero-order valence-electron chi connectivity index (χ0n) is 26.3. The molecule has 0 radical (unpaired) electrons. The molecular weight excluding hydrogens is 510 g/mol. The lowest BCUT2D eigenvalue weighted by Gasteiger charge is -2.22. The molecule has 2 unspecified atom stereocenters. The molecular formula is C35H55N3O3. The molecule has 0 amide bonds. The summed E-state index contributed by atoms with van der Waals surface area (Å²) in [4.78, 5) is 27.8. The Labute approximate surface area is 249 Å². The van der Waals surface area contributed by atoms with Crippen molar-refractivity contribution in [1.29, 1.82) is 0 Å². The van der Waals surface area contributed by atoms with Crippen LogP contribution in [0.2, 0.25) is 0 Å². The van der Waals surface area contributed by atoms with Crippen molar-refractivity contribution < 1.29 is 9.53 Å². The third kappa shape index (κ3) is 10.8. The van der Waals surface area contributed by atoms with Crippen LogP contribution in [0.25, 0.3) is 0 Å². The van der Waals surface area contributed by atoms with E-state index >= 15 is 0 Å². The highest BCUT2D eigenvalue weighted by atomic mass is 16.5. The summed E-state index contributed by atoms with van der Waals surface area (Å²) in [5.41, 5.74) is 4.42. The molecule has 0 aromatic heterocycles. The molecule has 2 aliphatic heterocycles. The number of allylic oxidation sites excluding steroid dienone is 3. The summed E-state index contributed by atoms with van der Waals surface area (Å²) in [6, 6.07) is 4.74. The lowest BCUT2D eigenvalue weighted by Crippen LogP contribution is -2.31. The largest absolute Gasteiger partial charge is 0.470 e. The van der Waals surface area contributed by atoms with Gasteiger partial charge in [-0.1, -0.05) is 46.1 Å². The number of ether oxygens (including phenoxy) is 1. The van der Waals surface area contributed by atoms with E-state index in [2.05, 4.69) is 54.9 Å². The van der Waals surface area contributed by atoms with Gasteiger partial charge in [-0.3, -0.25) is 4.90 Å². The van der Waals surface area contributed by atoms with Gasteiger partial charge in [0.05, 0.1) is 18.6 Å². The number of aryl methyl sites for hydroxylation is 1. The van der Waals surface area contributed by atoms with Crippen LogP contribution in [0.4, 0.5) is 5.69 Å². The van der Waals surface area contributed by atoms with Crippen molar-refractivity contribution in [2.45, 2.75) is 122 Å². The highest BCUT2D eigenvalue weighted by Crippen LogP contribution is 2.48. The standard InChI is InChI=1S/C26H34N2O3.C9H21N/c1-2-3-6-20-15-21(17-25(27-30)26(20)19-8-9-19)22-16-23(28(18-22)12-13-29)10-11-24-7-4-5-14-31-24;1-4-6-8-10(3)9-7-5-2/h5,7,13-15,17,19,22-23H,2-4,6,8-12,16,18H2,1H3;4-9H2,1-3H3. The quantitative estimate of drug-likeness (QED) is 0.140. The summed E-state index contributed by atoms with van der Waals surface area (Å²) in [6.45, 7) is 10.6. The van der Waals surface area contributed by atoms with Crippen LogP contribution in [0.3, 0.4) is 0 Å². The molecule has 1 saturated heterocycles. The van der Waals surface area contributed by atoms with E-state index in [1.54, 1.807) is 6.26 Å². The van der Waals surface area contributed by atoms with Crippen molar-refractivity contribution in [3.05, 3.63) is 57.9 Å². The molecule has 2 atom stereocenters. The van der Waals surface area contributed by atoms with Gasteiger partial charge in [-0.15, -0.1) is 4.91 Å². The van der Waals surface area contributed by atoms with Gasteiger partial charge < -0.3 is 14.4 Å². The second-order valence-corrected chi connectivity index (χ2v) is 12.2. The monoisotopic (exact) mass is 565 g/mol. The number of carbonyl (C=O) groups excluding carboxylic acids is 1. The van der Waals surface area contributed by atoms with Crippen LogP contribution >= 0.6 is 0 Å². The maximum atomic E-state index is 11.7. The van der Waals surface area contributed by atoms with Gasteiger partial charge in [-0.2, -0.15) is 0 Å². The van der Waals surface area contributed by atoms with Crippen molar-refractivity contribution in [3.8, 4) is 0 Å². The Kier molecular flexibility index (Phi) is 14.8. The topological polar surface area (TPSA) is 62.2 Å². The SMILES string of the molecule is CCCCN(C)CCCC.CCCCc1cc(C2CC(CCC3=CCC=CO3)N(CC=O)C2)cc(N=O)c1C1CC1. The van der Waals surface area contributed by atoms with E-state index in [9.17, 15) is 9.70 Å². The average molecular weight is 566 g/mol. The van der Waals surface area contributed by atoms with E-state index in [0.717, 1.165) is 63.5 Å². The molecule has 6 nitrogen and oxygen atoms in total. The Morgan fingerprint density at radius 3 is 2.34 bits per heavy atom. The van der Waals surface area contributed by atoms with Crippen molar-refractivity contribution in [1.82, 2.24) is 9.80 Å². The summed E-state index contributed by atoms with van der Waals surface area (Å²) in [6.07, 6.45) is 21.7. The number of aldehydes is 1. The summed E-state index contributed by atoms with van der Waals surface area (Å²) in [7, 11) is 2.21. The number of hydrogen-bond acceptors (Lipinski definition) is 6. The van der Waals surface area contributed by atoms with Crippen LogP contribution < -0.4 is 0 Å². The van der Waals surface area contributed by atoms with Gasteiger partial charge in [0, 0.05) is 19.0 Å². The van der Waals surface area contributed by atoms with Gasteiger partial charge in [0.1, 0.15) is 12.0 Å². The molecule has 41 heavy (non-hydrogen) atoms. The molecule has 6 heteroatoms. The normalized spacial score (nSPS) is 20.4. The third-order valence-corrected chi connectivity index (χ3v) is 8.77. The minimum absolute atomic E-state index is 0.334. The third-order valence-electron chi connectivity index (χ3n) is 8.77. The first-order valence-electron chi connectivity index (χ1n) is 16.4. The molecule has 4 rings (SSSR count). The molecule has 1 saturated carbocycles. The average Bonchev–Trinajstić information content (AvgIpc) is 3.77. The summed E-state index contributed by atoms with van der Waals surface area (Å²) in [5.74, 6) is 1.88. The summed E-state index contributed by atoms with van der Waals surface area (Å²) < 4.78 is 5.61. The first-order chi connectivity index (χ1) is 20.0. The van der Waals surface area contributed by atoms with E-state index < -0.39 is 0 Å². The van der Waals surface area contributed by atoms with Gasteiger partial charge >= 0.3 is 0 Å². The molecule has 0 bridgehead atoms. The van der Waals surface area contributed by atoms with Gasteiger partial charge in [0.25, 0.3) is 0 Å². The van der Waals surface area contributed by atoms with Crippen molar-refractivity contribution in [2.75, 3.05) is 33.2 Å². The van der Waals surface area contributed by atoms with Crippen LogP contribution in [0, 0.1) is 4.91 Å². The van der Waals surface area contributed by atoms with Crippen molar-refractivity contribution >= 4 is 12.0 Å². The van der Waals surface area contributed by atoms with Crippen molar-refractivity contribution in [2.24, 2.45) is 5.18 Å². The first-order valence-corrected chi connectivity index (χ1v) is 16.4. The number of hydrogen-bond donors (Lipinski definition) is 0. The van der Waals surface area contributed by atoms with Gasteiger partial charge in [-0.05, 0) is 130 Å². The maximum Gasteiger partial charge on any atom is 0.133 e. The van der Waals surface area contributed by atoms with E-state index in [0.29, 0.717) is 30.1 Å². The summed E-state index contributed by atoms with van der Waals surface area (Å²) in [5, 5.41) is 3.45. The molecule has 1 aliphatic carbocycles. The lowest BCUT2D eigenvalue weighted by molar-refractivity contribution is -0.109. The predicted molar refractivity (Wildman–Crippen MR) is 171 cm³/mol. The lowest BCUT2D eigenvalue weighted by atomic mass is 9.88. The number of benzene rings is 1. The fourth-order valence-corrected chi connectivity index (χ4v) is 6.17.